The average Bonchev–Trinajstić information content (AvgIpc) is 2.62. The molecule has 3 atom stereocenters. The second kappa shape index (κ2) is 7.61. The summed E-state index contributed by atoms with van der Waals surface area (Å²) >= 11 is 5.90. The smallest absolute Gasteiger partial charge is 0.352 e. The Morgan fingerprint density at radius 3 is 2.58 bits per heavy atom. The molecule has 0 saturated heterocycles. The van der Waals surface area contributed by atoms with Crippen LogP contribution in [0.2, 0.25) is 5.15 Å². The van der Waals surface area contributed by atoms with Crippen LogP contribution in [0.15, 0.2) is 42.6 Å². The molecule has 1 N–H and O–H groups in total. The van der Waals surface area contributed by atoms with Crippen molar-refractivity contribution >= 4 is 29.2 Å². The lowest BCUT2D eigenvalue weighted by Gasteiger charge is -2.30. The second-order valence-electron chi connectivity index (χ2n) is 5.72. The van der Waals surface area contributed by atoms with Crippen molar-refractivity contribution in [2.45, 2.75) is 32.2 Å². The molecule has 3 unspecified atom stereocenters. The third-order valence-corrected chi connectivity index (χ3v) is 4.05. The quantitative estimate of drug-likeness (QED) is 0.652. The molecule has 1 aromatic carbocycles. The Labute approximate surface area is 155 Å². The first kappa shape index (κ1) is 18.0. The summed E-state index contributed by atoms with van der Waals surface area (Å²) in [5.41, 5.74) is 0.335. The molecule has 0 bridgehead atoms. The number of para-hydroxylation sites is 2. The number of esters is 1. The zero-order valence-electron chi connectivity index (χ0n) is 14.1. The van der Waals surface area contributed by atoms with E-state index in [1.165, 1.54) is 13.1 Å². The Bertz CT molecular complexity index is 829. The zero-order valence-corrected chi connectivity index (χ0v) is 14.9. The summed E-state index contributed by atoms with van der Waals surface area (Å²) in [5.74, 6) is -0.210. The molecule has 0 saturated carbocycles. The maximum Gasteiger partial charge on any atom is 0.352 e. The highest BCUT2D eigenvalue weighted by Crippen LogP contribution is 2.33. The van der Waals surface area contributed by atoms with Gasteiger partial charge in [0.2, 0.25) is 6.10 Å². The molecular formula is C18H17ClN2O5. The Kier molecular flexibility index (Phi) is 5.27. The summed E-state index contributed by atoms with van der Waals surface area (Å²) in [6.07, 6.45) is -1.07. The van der Waals surface area contributed by atoms with Crippen LogP contribution in [0.1, 0.15) is 13.8 Å². The minimum Gasteiger partial charge on any atom is -0.482 e. The van der Waals surface area contributed by atoms with E-state index in [1.807, 2.05) is 6.07 Å². The summed E-state index contributed by atoms with van der Waals surface area (Å²) in [4.78, 5) is 28.5. The second-order valence-corrected chi connectivity index (χ2v) is 6.08. The van der Waals surface area contributed by atoms with E-state index < -0.39 is 30.2 Å². The zero-order chi connectivity index (χ0) is 18.7. The molecule has 2 aromatic rings. The molecule has 0 radical (unpaired) electrons. The lowest BCUT2D eigenvalue weighted by atomic mass is 10.2. The number of anilines is 1. The van der Waals surface area contributed by atoms with Gasteiger partial charge in [-0.3, -0.25) is 4.79 Å². The Hall–Kier alpha value is -2.80. The van der Waals surface area contributed by atoms with Gasteiger partial charge in [0.25, 0.3) is 5.91 Å². The van der Waals surface area contributed by atoms with Crippen LogP contribution < -0.4 is 14.8 Å². The number of fused-ring (bicyclic) bond motifs is 1. The minimum atomic E-state index is -1.05. The van der Waals surface area contributed by atoms with Gasteiger partial charge in [-0.25, -0.2) is 9.78 Å². The number of nitrogens with zero attached hydrogens (tertiary/aromatic N) is 1. The predicted octanol–water partition coefficient (Wildman–Crippen LogP) is 2.83. The van der Waals surface area contributed by atoms with Crippen molar-refractivity contribution < 1.29 is 23.8 Å². The third-order valence-electron chi connectivity index (χ3n) is 3.75. The Morgan fingerprint density at radius 1 is 1.19 bits per heavy atom. The summed E-state index contributed by atoms with van der Waals surface area (Å²) in [6, 6.07) is 10.3. The van der Waals surface area contributed by atoms with Crippen molar-refractivity contribution in [2.24, 2.45) is 0 Å². The summed E-state index contributed by atoms with van der Waals surface area (Å²) in [5, 5.41) is 2.71. The number of carbonyl (C=O) groups is 2. The van der Waals surface area contributed by atoms with Crippen LogP contribution in [0.3, 0.4) is 0 Å². The SMILES string of the molecule is CC(OC(=O)C1Oc2ccccc2OC1C)C(=O)Nc1cccnc1Cl. The van der Waals surface area contributed by atoms with E-state index >= 15 is 0 Å². The number of pyridine rings is 1. The fraction of sp³-hybridized carbons (Fsp3) is 0.278. The number of nitrogens with one attached hydrogen (secondary N) is 1. The highest BCUT2D eigenvalue weighted by Gasteiger charge is 2.36. The van der Waals surface area contributed by atoms with Gasteiger partial charge in [0.1, 0.15) is 6.10 Å². The molecule has 26 heavy (non-hydrogen) atoms. The van der Waals surface area contributed by atoms with Crippen LogP contribution in [-0.2, 0) is 14.3 Å². The van der Waals surface area contributed by atoms with E-state index in [-0.39, 0.29) is 5.15 Å². The van der Waals surface area contributed by atoms with Crippen LogP contribution in [0.25, 0.3) is 0 Å². The van der Waals surface area contributed by atoms with Crippen LogP contribution in [0, 0.1) is 0 Å². The number of halogens is 1. The van der Waals surface area contributed by atoms with Crippen molar-refractivity contribution in [2.75, 3.05) is 5.32 Å². The van der Waals surface area contributed by atoms with E-state index in [2.05, 4.69) is 10.3 Å². The fourth-order valence-electron chi connectivity index (χ4n) is 2.39. The number of amides is 1. The highest BCUT2D eigenvalue weighted by molar-refractivity contribution is 6.32. The maximum absolute atomic E-state index is 12.4. The molecule has 0 aliphatic carbocycles. The molecule has 1 aromatic heterocycles. The van der Waals surface area contributed by atoms with Gasteiger partial charge in [-0.1, -0.05) is 23.7 Å². The van der Waals surface area contributed by atoms with Gasteiger partial charge in [0.15, 0.2) is 22.8 Å². The molecule has 2 heterocycles. The van der Waals surface area contributed by atoms with Gasteiger partial charge in [-0.2, -0.15) is 0 Å². The van der Waals surface area contributed by atoms with Crippen LogP contribution in [0.5, 0.6) is 11.5 Å². The first-order chi connectivity index (χ1) is 12.5. The van der Waals surface area contributed by atoms with E-state index in [9.17, 15) is 9.59 Å². The first-order valence-electron chi connectivity index (χ1n) is 8.00. The monoisotopic (exact) mass is 376 g/mol. The number of hydrogen-bond acceptors (Lipinski definition) is 6. The van der Waals surface area contributed by atoms with Crippen molar-refractivity contribution in [3.8, 4) is 11.5 Å². The largest absolute Gasteiger partial charge is 0.482 e. The normalized spacial score (nSPS) is 19.3. The van der Waals surface area contributed by atoms with E-state index in [1.54, 1.807) is 37.3 Å². The van der Waals surface area contributed by atoms with Gasteiger partial charge in [0.05, 0.1) is 5.69 Å². The van der Waals surface area contributed by atoms with Crippen molar-refractivity contribution in [3.63, 3.8) is 0 Å². The van der Waals surface area contributed by atoms with Crippen LogP contribution in [-0.4, -0.2) is 35.2 Å². The van der Waals surface area contributed by atoms with Crippen LogP contribution in [0.4, 0.5) is 5.69 Å². The van der Waals surface area contributed by atoms with E-state index in [0.717, 1.165) is 0 Å². The topological polar surface area (TPSA) is 86.8 Å². The number of aromatic nitrogens is 1. The number of benzene rings is 1. The summed E-state index contributed by atoms with van der Waals surface area (Å²) < 4.78 is 16.6. The molecule has 3 rings (SSSR count). The molecule has 0 fully saturated rings. The molecule has 8 heteroatoms. The van der Waals surface area contributed by atoms with Crippen molar-refractivity contribution in [1.29, 1.82) is 0 Å². The molecule has 1 aliphatic rings. The fourth-order valence-corrected chi connectivity index (χ4v) is 2.55. The molecule has 1 amide bonds. The molecule has 1 aliphatic heterocycles. The number of hydrogen-bond donors (Lipinski definition) is 1. The first-order valence-corrected chi connectivity index (χ1v) is 8.37. The van der Waals surface area contributed by atoms with Gasteiger partial charge in [0, 0.05) is 6.20 Å². The lowest BCUT2D eigenvalue weighted by molar-refractivity contribution is -0.165. The van der Waals surface area contributed by atoms with Gasteiger partial charge < -0.3 is 19.5 Å². The van der Waals surface area contributed by atoms with Crippen LogP contribution >= 0.6 is 11.6 Å². The minimum absolute atomic E-state index is 0.147. The van der Waals surface area contributed by atoms with Gasteiger partial charge in [-0.05, 0) is 38.1 Å². The van der Waals surface area contributed by atoms with E-state index in [0.29, 0.717) is 17.2 Å². The standard InChI is InChI=1S/C18H17ClN2O5/c1-10-15(26-14-8-4-3-7-13(14)24-10)18(23)25-11(2)17(22)21-12-6-5-9-20-16(12)19/h3-11,15H,1-2H3,(H,21,22). The van der Waals surface area contributed by atoms with Crippen molar-refractivity contribution in [1.82, 2.24) is 4.98 Å². The lowest BCUT2D eigenvalue weighted by Crippen LogP contribution is -2.46. The molecular weight excluding hydrogens is 360 g/mol. The number of ether oxygens (including phenoxy) is 3. The highest BCUT2D eigenvalue weighted by atomic mass is 35.5. The van der Waals surface area contributed by atoms with Crippen molar-refractivity contribution in [3.05, 3.63) is 47.7 Å². The summed E-state index contributed by atoms with van der Waals surface area (Å²) in [7, 11) is 0. The predicted molar refractivity (Wildman–Crippen MR) is 94.4 cm³/mol. The third kappa shape index (κ3) is 3.88. The molecule has 7 nitrogen and oxygen atoms in total. The van der Waals surface area contributed by atoms with Gasteiger partial charge in [-0.15, -0.1) is 0 Å². The number of carbonyl (C=O) groups excluding carboxylic acids is 2. The van der Waals surface area contributed by atoms with E-state index in [4.69, 9.17) is 25.8 Å². The molecule has 0 spiro atoms. The maximum atomic E-state index is 12.4. The molecule has 136 valence electrons. The Morgan fingerprint density at radius 2 is 1.88 bits per heavy atom. The average molecular weight is 377 g/mol. The Balaban J connectivity index is 1.62. The van der Waals surface area contributed by atoms with Gasteiger partial charge >= 0.3 is 5.97 Å². The summed E-state index contributed by atoms with van der Waals surface area (Å²) in [6.45, 7) is 3.15. The number of rotatable bonds is 4.